The molecule has 0 unspecified atom stereocenters. The highest BCUT2D eigenvalue weighted by Gasteiger charge is 2.14. The molecule has 0 saturated carbocycles. The van der Waals surface area contributed by atoms with Crippen molar-refractivity contribution in [3.05, 3.63) is 46.5 Å². The zero-order valence-corrected chi connectivity index (χ0v) is 18.9. The highest BCUT2D eigenvalue weighted by Crippen LogP contribution is 2.36. The van der Waals surface area contributed by atoms with Gasteiger partial charge < -0.3 is 24.7 Å². The summed E-state index contributed by atoms with van der Waals surface area (Å²) in [5, 5.41) is 4.17. The van der Waals surface area contributed by atoms with Crippen LogP contribution in [0.2, 0.25) is 5.02 Å². The molecule has 0 saturated heterocycles. The summed E-state index contributed by atoms with van der Waals surface area (Å²) in [6.45, 7) is 4.35. The van der Waals surface area contributed by atoms with Crippen LogP contribution >= 0.6 is 11.6 Å². The summed E-state index contributed by atoms with van der Waals surface area (Å²) in [4.78, 5) is 23.4. The largest absolute Gasteiger partial charge is 0.493 e. The Kier molecular flexibility index (Phi) is 9.62. The van der Waals surface area contributed by atoms with Crippen LogP contribution in [0.25, 0.3) is 0 Å². The van der Waals surface area contributed by atoms with Gasteiger partial charge in [0.25, 0.3) is 11.8 Å². The van der Waals surface area contributed by atoms with Crippen molar-refractivity contribution < 1.29 is 28.5 Å². The molecule has 0 aliphatic rings. The van der Waals surface area contributed by atoms with Crippen LogP contribution in [0.1, 0.15) is 36.2 Å². The first-order valence-electron chi connectivity index (χ1n) is 9.91. The maximum absolute atomic E-state index is 12.4. The molecule has 0 atom stereocenters. The molecule has 9 nitrogen and oxygen atoms in total. The Labute approximate surface area is 191 Å². The monoisotopic (exact) mass is 463 g/mol. The Morgan fingerprint density at radius 3 is 2.53 bits per heavy atom. The second-order valence-electron chi connectivity index (χ2n) is 6.43. The summed E-state index contributed by atoms with van der Waals surface area (Å²) in [5.41, 5.74) is 8.46. The number of nitrogens with zero attached hydrogens (tertiary/aromatic N) is 1. The van der Waals surface area contributed by atoms with Crippen molar-refractivity contribution in [1.29, 1.82) is 0 Å². The molecule has 0 radical (unpaired) electrons. The highest BCUT2D eigenvalue weighted by atomic mass is 35.5. The van der Waals surface area contributed by atoms with Gasteiger partial charge in [-0.25, -0.2) is 5.43 Å². The van der Waals surface area contributed by atoms with Crippen LogP contribution in [-0.4, -0.2) is 45.0 Å². The molecule has 0 aromatic heterocycles. The zero-order valence-electron chi connectivity index (χ0n) is 18.1. The Hall–Kier alpha value is -3.46. The van der Waals surface area contributed by atoms with E-state index < -0.39 is 11.8 Å². The van der Waals surface area contributed by atoms with E-state index in [0.29, 0.717) is 41.6 Å². The number of hydrogen-bond donors (Lipinski definition) is 2. The van der Waals surface area contributed by atoms with E-state index in [-0.39, 0.29) is 17.4 Å². The van der Waals surface area contributed by atoms with Gasteiger partial charge >= 0.3 is 0 Å². The third-order valence-electron chi connectivity index (χ3n) is 3.96. The Morgan fingerprint density at radius 1 is 1.09 bits per heavy atom. The van der Waals surface area contributed by atoms with Crippen molar-refractivity contribution in [2.75, 3.05) is 26.9 Å². The number of hydrogen-bond acceptors (Lipinski definition) is 7. The smallest absolute Gasteiger partial charge is 0.271 e. The number of primary amides is 1. The van der Waals surface area contributed by atoms with Gasteiger partial charge in [0.05, 0.1) is 31.6 Å². The van der Waals surface area contributed by atoms with Gasteiger partial charge in [-0.15, -0.1) is 0 Å². The number of ether oxygens (including phenoxy) is 4. The minimum atomic E-state index is -0.640. The molecule has 172 valence electrons. The standard InChI is InChI=1S/C22H26ClN3O6/c1-4-8-31-17-7-6-15(11-18(17)29-3)22(28)26-25-12-14-9-16(23)21(32-13-20(24)27)19(10-14)30-5-2/h6-7,9-12H,4-5,8,13H2,1-3H3,(H2,24,27)(H,26,28)/b25-12+. The van der Waals surface area contributed by atoms with E-state index in [1.165, 1.54) is 13.3 Å². The molecule has 0 aliphatic carbocycles. The maximum Gasteiger partial charge on any atom is 0.271 e. The molecule has 2 aromatic carbocycles. The molecule has 0 heterocycles. The van der Waals surface area contributed by atoms with Gasteiger partial charge in [0, 0.05) is 5.56 Å². The van der Waals surface area contributed by atoms with Crippen LogP contribution in [0.15, 0.2) is 35.4 Å². The van der Waals surface area contributed by atoms with Crippen LogP contribution < -0.4 is 30.1 Å². The first kappa shape index (κ1) is 24.8. The molecule has 2 amide bonds. The number of carbonyl (C=O) groups excluding carboxylic acids is 2. The zero-order chi connectivity index (χ0) is 23.5. The number of nitrogens with one attached hydrogen (secondary N) is 1. The predicted molar refractivity (Wildman–Crippen MR) is 121 cm³/mol. The first-order chi connectivity index (χ1) is 15.4. The van der Waals surface area contributed by atoms with Crippen LogP contribution in [-0.2, 0) is 4.79 Å². The lowest BCUT2D eigenvalue weighted by Gasteiger charge is -2.13. The first-order valence-corrected chi connectivity index (χ1v) is 10.3. The van der Waals surface area contributed by atoms with Crippen LogP contribution in [0, 0.1) is 0 Å². The van der Waals surface area contributed by atoms with Crippen molar-refractivity contribution in [1.82, 2.24) is 5.43 Å². The van der Waals surface area contributed by atoms with Crippen molar-refractivity contribution in [2.45, 2.75) is 20.3 Å². The molecular weight excluding hydrogens is 438 g/mol. The number of benzene rings is 2. The summed E-state index contributed by atoms with van der Waals surface area (Å²) >= 11 is 6.24. The molecule has 0 spiro atoms. The number of nitrogens with two attached hydrogens (primary N) is 1. The minimum absolute atomic E-state index is 0.200. The summed E-state index contributed by atoms with van der Waals surface area (Å²) < 4.78 is 21.7. The SMILES string of the molecule is CCCOc1ccc(C(=O)N/N=C/c2cc(Cl)c(OCC(N)=O)c(OCC)c2)cc1OC. The number of methoxy groups -OCH3 is 1. The Morgan fingerprint density at radius 2 is 1.88 bits per heavy atom. The maximum atomic E-state index is 12.4. The van der Waals surface area contributed by atoms with E-state index in [4.69, 9.17) is 36.3 Å². The number of hydrazone groups is 1. The second-order valence-corrected chi connectivity index (χ2v) is 6.84. The third kappa shape index (κ3) is 7.05. The molecule has 10 heteroatoms. The molecular formula is C22H26ClN3O6. The van der Waals surface area contributed by atoms with E-state index in [1.807, 2.05) is 6.92 Å². The molecule has 32 heavy (non-hydrogen) atoms. The fourth-order valence-electron chi connectivity index (χ4n) is 2.58. The average molecular weight is 464 g/mol. The van der Waals surface area contributed by atoms with E-state index in [2.05, 4.69) is 10.5 Å². The minimum Gasteiger partial charge on any atom is -0.493 e. The van der Waals surface area contributed by atoms with Crippen molar-refractivity contribution in [2.24, 2.45) is 10.8 Å². The topological polar surface area (TPSA) is 121 Å². The average Bonchev–Trinajstić information content (AvgIpc) is 2.77. The van der Waals surface area contributed by atoms with E-state index in [0.717, 1.165) is 6.42 Å². The lowest BCUT2D eigenvalue weighted by Crippen LogP contribution is -2.20. The van der Waals surface area contributed by atoms with Crippen molar-refractivity contribution >= 4 is 29.6 Å². The lowest BCUT2D eigenvalue weighted by atomic mass is 10.2. The van der Waals surface area contributed by atoms with E-state index in [1.54, 1.807) is 37.3 Å². The summed E-state index contributed by atoms with van der Waals surface area (Å²) in [5.74, 6) is 0.464. The van der Waals surface area contributed by atoms with Crippen LogP contribution in [0.5, 0.6) is 23.0 Å². The molecule has 2 aromatic rings. The third-order valence-corrected chi connectivity index (χ3v) is 4.24. The van der Waals surface area contributed by atoms with E-state index in [9.17, 15) is 9.59 Å². The van der Waals surface area contributed by atoms with Gasteiger partial charge in [-0.05, 0) is 49.2 Å². The summed E-state index contributed by atoms with van der Waals surface area (Å²) in [6, 6.07) is 8.04. The van der Waals surface area contributed by atoms with Gasteiger partial charge in [-0.3, -0.25) is 9.59 Å². The molecule has 0 bridgehead atoms. The quantitative estimate of drug-likeness (QED) is 0.368. The van der Waals surface area contributed by atoms with Crippen LogP contribution in [0.4, 0.5) is 0 Å². The van der Waals surface area contributed by atoms with E-state index >= 15 is 0 Å². The van der Waals surface area contributed by atoms with Gasteiger partial charge in [0.15, 0.2) is 29.6 Å². The molecule has 0 fully saturated rings. The summed E-state index contributed by atoms with van der Waals surface area (Å²) in [7, 11) is 1.50. The predicted octanol–water partition coefficient (Wildman–Crippen LogP) is 3.16. The Bertz CT molecular complexity index is 980. The highest BCUT2D eigenvalue weighted by molar-refractivity contribution is 6.32. The van der Waals surface area contributed by atoms with Gasteiger partial charge in [-0.2, -0.15) is 5.10 Å². The van der Waals surface area contributed by atoms with Gasteiger partial charge in [0.1, 0.15) is 0 Å². The molecule has 3 N–H and O–H groups in total. The number of rotatable bonds is 12. The Balaban J connectivity index is 2.12. The lowest BCUT2D eigenvalue weighted by molar-refractivity contribution is -0.119. The molecule has 0 aliphatic heterocycles. The second kappa shape index (κ2) is 12.4. The number of halogens is 1. The number of carbonyl (C=O) groups is 2. The number of amides is 2. The fourth-order valence-corrected chi connectivity index (χ4v) is 2.85. The molecule has 2 rings (SSSR count). The fraction of sp³-hybridized carbons (Fsp3) is 0.318. The van der Waals surface area contributed by atoms with Gasteiger partial charge in [-0.1, -0.05) is 18.5 Å². The van der Waals surface area contributed by atoms with Crippen molar-refractivity contribution in [3.8, 4) is 23.0 Å². The van der Waals surface area contributed by atoms with Crippen molar-refractivity contribution in [3.63, 3.8) is 0 Å². The summed E-state index contributed by atoms with van der Waals surface area (Å²) in [6.07, 6.45) is 2.26. The van der Waals surface area contributed by atoms with Crippen LogP contribution in [0.3, 0.4) is 0 Å². The normalized spacial score (nSPS) is 10.6. The van der Waals surface area contributed by atoms with Gasteiger partial charge in [0.2, 0.25) is 0 Å².